The van der Waals surface area contributed by atoms with Crippen molar-refractivity contribution in [3.8, 4) is 0 Å². The van der Waals surface area contributed by atoms with E-state index in [2.05, 4.69) is 47.9 Å². The number of hydrogen-bond donors (Lipinski definition) is 1. The third kappa shape index (κ3) is 3.99. The first-order valence-electron chi connectivity index (χ1n) is 10.7. The molecule has 2 aromatic rings. The van der Waals surface area contributed by atoms with Crippen molar-refractivity contribution in [3.05, 3.63) is 59.7 Å². The summed E-state index contributed by atoms with van der Waals surface area (Å²) in [5.41, 5.74) is 9.99. The van der Waals surface area contributed by atoms with Crippen LogP contribution < -0.4 is 15.5 Å². The zero-order chi connectivity index (χ0) is 21.3. The van der Waals surface area contributed by atoms with E-state index in [0.717, 1.165) is 37.4 Å². The lowest BCUT2D eigenvalue weighted by Gasteiger charge is -2.41. The van der Waals surface area contributed by atoms with Crippen LogP contribution in [-0.4, -0.2) is 55.5 Å². The van der Waals surface area contributed by atoms with Gasteiger partial charge in [0.25, 0.3) is 0 Å². The normalized spacial score (nSPS) is 21.3. The molecule has 6 nitrogen and oxygen atoms in total. The van der Waals surface area contributed by atoms with Crippen molar-refractivity contribution in [3.63, 3.8) is 0 Å². The third-order valence-corrected chi connectivity index (χ3v) is 6.38. The summed E-state index contributed by atoms with van der Waals surface area (Å²) in [6, 6.07) is 16.4. The molecule has 1 fully saturated rings. The molecule has 6 heteroatoms. The van der Waals surface area contributed by atoms with E-state index < -0.39 is 0 Å². The molecule has 2 aliphatic heterocycles. The summed E-state index contributed by atoms with van der Waals surface area (Å²) in [6.07, 6.45) is 0.640. The Labute approximate surface area is 178 Å². The summed E-state index contributed by atoms with van der Waals surface area (Å²) < 4.78 is 0. The van der Waals surface area contributed by atoms with Crippen LogP contribution in [0.5, 0.6) is 0 Å². The summed E-state index contributed by atoms with van der Waals surface area (Å²) >= 11 is 0. The van der Waals surface area contributed by atoms with Crippen molar-refractivity contribution in [2.75, 3.05) is 42.5 Å². The quantitative estimate of drug-likeness (QED) is 0.847. The van der Waals surface area contributed by atoms with Crippen LogP contribution in [0.25, 0.3) is 0 Å². The number of amides is 2. The zero-order valence-electron chi connectivity index (χ0n) is 17.8. The molecule has 0 aliphatic carbocycles. The second-order valence-corrected chi connectivity index (χ2v) is 8.43. The fraction of sp³-hybridized carbons (Fsp3) is 0.417. The Kier molecular flexibility index (Phi) is 5.66. The maximum Gasteiger partial charge on any atom is 0.242 e. The number of carbonyl (C=O) groups excluding carboxylic acids is 2. The lowest BCUT2D eigenvalue weighted by Crippen LogP contribution is -2.53. The number of rotatable bonds is 4. The minimum Gasteiger partial charge on any atom is -0.369 e. The van der Waals surface area contributed by atoms with Gasteiger partial charge in [0.05, 0.1) is 12.5 Å². The number of anilines is 2. The van der Waals surface area contributed by atoms with Gasteiger partial charge in [0.15, 0.2) is 0 Å². The van der Waals surface area contributed by atoms with Gasteiger partial charge < -0.3 is 20.4 Å². The van der Waals surface area contributed by atoms with Gasteiger partial charge in [-0.15, -0.1) is 0 Å². The number of benzene rings is 2. The van der Waals surface area contributed by atoms with E-state index in [9.17, 15) is 9.59 Å². The number of primary amides is 1. The van der Waals surface area contributed by atoms with E-state index in [0.29, 0.717) is 13.0 Å². The van der Waals surface area contributed by atoms with Gasteiger partial charge in [-0.05, 0) is 49.6 Å². The van der Waals surface area contributed by atoms with E-state index in [1.165, 1.54) is 11.3 Å². The molecule has 2 aromatic carbocycles. The first-order chi connectivity index (χ1) is 14.4. The van der Waals surface area contributed by atoms with Crippen molar-refractivity contribution in [1.29, 1.82) is 0 Å². The molecule has 1 saturated heterocycles. The van der Waals surface area contributed by atoms with Gasteiger partial charge >= 0.3 is 0 Å². The Balaban J connectivity index is 1.43. The Morgan fingerprint density at radius 3 is 2.47 bits per heavy atom. The predicted octanol–water partition coefficient (Wildman–Crippen LogP) is 2.51. The fourth-order valence-electron chi connectivity index (χ4n) is 4.67. The number of para-hydroxylation sites is 1. The van der Waals surface area contributed by atoms with Crippen LogP contribution >= 0.6 is 0 Å². The van der Waals surface area contributed by atoms with Crippen LogP contribution in [0.2, 0.25) is 0 Å². The molecule has 0 bridgehead atoms. The second kappa shape index (κ2) is 8.38. The van der Waals surface area contributed by atoms with Crippen molar-refractivity contribution >= 4 is 23.2 Å². The SMILES string of the molecule is Cc1cccc(N2CCN(C(=O)CN3c4ccccc4[C@H](C(N)=O)C[C@@H]3C)CC2)c1. The van der Waals surface area contributed by atoms with E-state index in [4.69, 9.17) is 5.73 Å². The lowest BCUT2D eigenvalue weighted by atomic mass is 9.85. The highest BCUT2D eigenvalue weighted by molar-refractivity contribution is 5.87. The largest absolute Gasteiger partial charge is 0.369 e. The lowest BCUT2D eigenvalue weighted by molar-refractivity contribution is -0.130. The summed E-state index contributed by atoms with van der Waals surface area (Å²) in [5.74, 6) is -0.453. The average molecular weight is 407 g/mol. The second-order valence-electron chi connectivity index (χ2n) is 8.43. The molecule has 2 heterocycles. The van der Waals surface area contributed by atoms with Crippen molar-refractivity contribution in [2.45, 2.75) is 32.2 Å². The van der Waals surface area contributed by atoms with Gasteiger partial charge in [-0.25, -0.2) is 0 Å². The van der Waals surface area contributed by atoms with E-state index in [1.807, 2.05) is 29.2 Å². The number of carbonyl (C=O) groups is 2. The Morgan fingerprint density at radius 2 is 1.77 bits per heavy atom. The molecule has 0 radical (unpaired) electrons. The maximum atomic E-state index is 13.1. The van der Waals surface area contributed by atoms with Gasteiger partial charge in [0.1, 0.15) is 0 Å². The smallest absolute Gasteiger partial charge is 0.242 e. The molecular weight excluding hydrogens is 376 g/mol. The number of piperazine rings is 1. The predicted molar refractivity (Wildman–Crippen MR) is 120 cm³/mol. The molecule has 0 saturated carbocycles. The molecule has 2 atom stereocenters. The van der Waals surface area contributed by atoms with Gasteiger partial charge in [-0.2, -0.15) is 0 Å². The molecule has 0 spiro atoms. The molecule has 30 heavy (non-hydrogen) atoms. The summed E-state index contributed by atoms with van der Waals surface area (Å²) in [4.78, 5) is 31.5. The summed E-state index contributed by atoms with van der Waals surface area (Å²) in [5, 5.41) is 0. The number of nitrogens with two attached hydrogens (primary N) is 1. The highest BCUT2D eigenvalue weighted by atomic mass is 16.2. The third-order valence-electron chi connectivity index (χ3n) is 6.38. The number of fused-ring (bicyclic) bond motifs is 1. The van der Waals surface area contributed by atoms with Crippen molar-refractivity contribution in [1.82, 2.24) is 4.90 Å². The highest BCUT2D eigenvalue weighted by Crippen LogP contribution is 2.38. The first kappa shape index (κ1) is 20.3. The van der Waals surface area contributed by atoms with Crippen LogP contribution in [0.3, 0.4) is 0 Å². The van der Waals surface area contributed by atoms with Gasteiger partial charge in [-0.3, -0.25) is 9.59 Å². The van der Waals surface area contributed by atoms with Crippen LogP contribution in [0, 0.1) is 6.92 Å². The minimum atomic E-state index is -0.299. The minimum absolute atomic E-state index is 0.0786. The molecule has 2 amide bonds. The standard InChI is InChI=1S/C24H30N4O2/c1-17-6-5-7-19(14-17)26-10-12-27(13-11-26)23(29)16-28-18(2)15-21(24(25)30)20-8-3-4-9-22(20)28/h3-9,14,18,21H,10-13,15-16H2,1-2H3,(H2,25,30)/t18-,21+/m0/s1. The molecular formula is C24H30N4O2. The van der Waals surface area contributed by atoms with Crippen molar-refractivity contribution in [2.24, 2.45) is 5.73 Å². The fourth-order valence-corrected chi connectivity index (χ4v) is 4.67. The molecule has 0 unspecified atom stereocenters. The monoisotopic (exact) mass is 406 g/mol. The van der Waals surface area contributed by atoms with Crippen LogP contribution in [0.4, 0.5) is 11.4 Å². The summed E-state index contributed by atoms with van der Waals surface area (Å²) in [7, 11) is 0. The Morgan fingerprint density at radius 1 is 1.03 bits per heavy atom. The number of aryl methyl sites for hydroxylation is 1. The van der Waals surface area contributed by atoms with E-state index in [1.54, 1.807) is 0 Å². The number of nitrogens with zero attached hydrogens (tertiary/aromatic N) is 3. The molecule has 2 N–H and O–H groups in total. The van der Waals surface area contributed by atoms with Crippen LogP contribution in [0.1, 0.15) is 30.4 Å². The van der Waals surface area contributed by atoms with Gasteiger partial charge in [0, 0.05) is 43.6 Å². The first-order valence-corrected chi connectivity index (χ1v) is 10.7. The van der Waals surface area contributed by atoms with Gasteiger partial charge in [0.2, 0.25) is 11.8 Å². The van der Waals surface area contributed by atoms with Crippen LogP contribution in [-0.2, 0) is 9.59 Å². The maximum absolute atomic E-state index is 13.1. The Bertz CT molecular complexity index is 936. The van der Waals surface area contributed by atoms with Gasteiger partial charge in [-0.1, -0.05) is 30.3 Å². The van der Waals surface area contributed by atoms with E-state index in [-0.39, 0.29) is 23.8 Å². The van der Waals surface area contributed by atoms with Crippen LogP contribution in [0.15, 0.2) is 48.5 Å². The zero-order valence-corrected chi connectivity index (χ0v) is 17.8. The topological polar surface area (TPSA) is 69.9 Å². The molecule has 158 valence electrons. The molecule has 4 rings (SSSR count). The summed E-state index contributed by atoms with van der Waals surface area (Å²) in [6.45, 7) is 7.61. The highest BCUT2D eigenvalue weighted by Gasteiger charge is 2.34. The molecule has 0 aromatic heterocycles. The van der Waals surface area contributed by atoms with Crippen molar-refractivity contribution < 1.29 is 9.59 Å². The number of hydrogen-bond acceptors (Lipinski definition) is 4. The average Bonchev–Trinajstić information content (AvgIpc) is 2.75. The van der Waals surface area contributed by atoms with E-state index >= 15 is 0 Å². The molecule has 2 aliphatic rings. The Hall–Kier alpha value is -3.02.